The maximum absolute atomic E-state index is 11.8. The SMILES string of the molecule is CCC(C)(N)C(=O)Nc1ccc(CC(=O)O)nc1. The standard InChI is InChI=1S/C12H17N3O3/c1-3-12(2,13)11(18)15-9-5-4-8(14-7-9)6-10(16)17/h4-5,7H,3,6,13H2,1-2H3,(H,15,18)(H,16,17). The first kappa shape index (κ1) is 14.1. The summed E-state index contributed by atoms with van der Waals surface area (Å²) < 4.78 is 0. The van der Waals surface area contributed by atoms with Gasteiger partial charge in [0.2, 0.25) is 5.91 Å². The third-order valence-electron chi connectivity index (χ3n) is 2.67. The number of carboxylic acids is 1. The molecule has 4 N–H and O–H groups in total. The number of rotatable bonds is 5. The van der Waals surface area contributed by atoms with Crippen molar-refractivity contribution in [2.45, 2.75) is 32.2 Å². The van der Waals surface area contributed by atoms with Crippen molar-refractivity contribution in [3.63, 3.8) is 0 Å². The maximum Gasteiger partial charge on any atom is 0.309 e. The van der Waals surface area contributed by atoms with Crippen molar-refractivity contribution in [1.82, 2.24) is 4.98 Å². The van der Waals surface area contributed by atoms with Crippen LogP contribution in [0.5, 0.6) is 0 Å². The molecule has 1 amide bonds. The summed E-state index contributed by atoms with van der Waals surface area (Å²) in [7, 11) is 0. The van der Waals surface area contributed by atoms with Gasteiger partial charge in [-0.15, -0.1) is 0 Å². The third kappa shape index (κ3) is 3.81. The second-order valence-corrected chi connectivity index (χ2v) is 4.33. The van der Waals surface area contributed by atoms with Crippen LogP contribution in [-0.4, -0.2) is 27.5 Å². The summed E-state index contributed by atoms with van der Waals surface area (Å²) in [5.74, 6) is -1.24. The number of carbonyl (C=O) groups is 2. The number of anilines is 1. The first-order chi connectivity index (χ1) is 8.35. The van der Waals surface area contributed by atoms with E-state index in [0.717, 1.165) is 0 Å². The average Bonchev–Trinajstić information content (AvgIpc) is 2.31. The zero-order valence-corrected chi connectivity index (χ0v) is 10.4. The first-order valence-electron chi connectivity index (χ1n) is 5.62. The molecule has 98 valence electrons. The Morgan fingerprint density at radius 1 is 1.50 bits per heavy atom. The van der Waals surface area contributed by atoms with Crippen LogP contribution in [0.15, 0.2) is 18.3 Å². The van der Waals surface area contributed by atoms with Crippen molar-refractivity contribution >= 4 is 17.6 Å². The number of aliphatic carboxylic acids is 1. The van der Waals surface area contributed by atoms with Crippen molar-refractivity contribution in [3.05, 3.63) is 24.0 Å². The highest BCUT2D eigenvalue weighted by molar-refractivity contribution is 5.97. The van der Waals surface area contributed by atoms with E-state index in [1.165, 1.54) is 6.20 Å². The van der Waals surface area contributed by atoms with Crippen molar-refractivity contribution in [2.75, 3.05) is 5.32 Å². The number of nitrogens with one attached hydrogen (secondary N) is 1. The molecule has 0 aliphatic heterocycles. The number of pyridine rings is 1. The molecule has 0 bridgehead atoms. The lowest BCUT2D eigenvalue weighted by Crippen LogP contribution is -2.47. The summed E-state index contributed by atoms with van der Waals surface area (Å²) in [6, 6.07) is 3.17. The van der Waals surface area contributed by atoms with Gasteiger partial charge in [-0.05, 0) is 25.5 Å². The Bertz CT molecular complexity index is 440. The number of nitrogens with zero attached hydrogens (tertiary/aromatic N) is 1. The Hall–Kier alpha value is -1.95. The van der Waals surface area contributed by atoms with Crippen molar-refractivity contribution in [3.8, 4) is 0 Å². The molecule has 0 aliphatic rings. The summed E-state index contributed by atoms with van der Waals surface area (Å²) in [5.41, 5.74) is 5.80. The van der Waals surface area contributed by atoms with Gasteiger partial charge in [0.1, 0.15) is 0 Å². The molecule has 0 fully saturated rings. The van der Waals surface area contributed by atoms with E-state index in [2.05, 4.69) is 10.3 Å². The van der Waals surface area contributed by atoms with E-state index in [9.17, 15) is 9.59 Å². The largest absolute Gasteiger partial charge is 0.481 e. The molecule has 1 rings (SSSR count). The molecular formula is C12H17N3O3. The smallest absolute Gasteiger partial charge is 0.309 e. The highest BCUT2D eigenvalue weighted by Crippen LogP contribution is 2.11. The van der Waals surface area contributed by atoms with Crippen LogP contribution in [-0.2, 0) is 16.0 Å². The van der Waals surface area contributed by atoms with Crippen LogP contribution in [0.2, 0.25) is 0 Å². The maximum atomic E-state index is 11.8. The van der Waals surface area contributed by atoms with Crippen LogP contribution in [0.4, 0.5) is 5.69 Å². The van der Waals surface area contributed by atoms with Gasteiger partial charge in [-0.2, -0.15) is 0 Å². The average molecular weight is 251 g/mol. The monoisotopic (exact) mass is 251 g/mol. The van der Waals surface area contributed by atoms with Crippen LogP contribution in [0, 0.1) is 0 Å². The van der Waals surface area contributed by atoms with E-state index in [4.69, 9.17) is 10.8 Å². The van der Waals surface area contributed by atoms with E-state index in [-0.39, 0.29) is 12.3 Å². The molecule has 1 heterocycles. The highest BCUT2D eigenvalue weighted by Gasteiger charge is 2.25. The third-order valence-corrected chi connectivity index (χ3v) is 2.67. The molecule has 1 unspecified atom stereocenters. The highest BCUT2D eigenvalue weighted by atomic mass is 16.4. The van der Waals surface area contributed by atoms with Crippen molar-refractivity contribution < 1.29 is 14.7 Å². The van der Waals surface area contributed by atoms with Gasteiger partial charge in [0.25, 0.3) is 0 Å². The minimum absolute atomic E-state index is 0.141. The molecule has 6 heteroatoms. The van der Waals surface area contributed by atoms with Crippen LogP contribution >= 0.6 is 0 Å². The van der Waals surface area contributed by atoms with Crippen LogP contribution in [0.3, 0.4) is 0 Å². The Balaban J connectivity index is 2.69. The van der Waals surface area contributed by atoms with E-state index >= 15 is 0 Å². The topological polar surface area (TPSA) is 105 Å². The molecule has 0 aromatic carbocycles. The number of carboxylic acid groups (broad SMARTS) is 1. The quantitative estimate of drug-likeness (QED) is 0.717. The second kappa shape index (κ2) is 5.59. The number of amides is 1. The second-order valence-electron chi connectivity index (χ2n) is 4.33. The predicted molar refractivity (Wildman–Crippen MR) is 67.1 cm³/mol. The molecule has 0 radical (unpaired) electrons. The van der Waals surface area contributed by atoms with Gasteiger partial charge in [-0.25, -0.2) is 0 Å². The van der Waals surface area contributed by atoms with E-state index in [1.807, 2.05) is 6.92 Å². The Morgan fingerprint density at radius 3 is 2.61 bits per heavy atom. The molecule has 0 saturated carbocycles. The molecule has 0 aliphatic carbocycles. The lowest BCUT2D eigenvalue weighted by molar-refractivity contribution is -0.136. The van der Waals surface area contributed by atoms with Crippen LogP contribution in [0.25, 0.3) is 0 Å². The molecule has 6 nitrogen and oxygen atoms in total. The minimum atomic E-state index is -0.945. The summed E-state index contributed by atoms with van der Waals surface area (Å²) in [5, 5.41) is 11.2. The summed E-state index contributed by atoms with van der Waals surface area (Å²) in [6.07, 6.45) is 1.79. The predicted octanol–water partition coefficient (Wildman–Crippen LogP) is 0.775. The van der Waals surface area contributed by atoms with Crippen LogP contribution in [0.1, 0.15) is 26.0 Å². The minimum Gasteiger partial charge on any atom is -0.481 e. The fourth-order valence-electron chi connectivity index (χ4n) is 1.19. The lowest BCUT2D eigenvalue weighted by atomic mass is 9.99. The zero-order valence-electron chi connectivity index (χ0n) is 10.4. The summed E-state index contributed by atoms with van der Waals surface area (Å²) in [4.78, 5) is 26.2. The van der Waals surface area contributed by atoms with Gasteiger partial charge < -0.3 is 16.2 Å². The number of carbonyl (C=O) groups excluding carboxylic acids is 1. The number of aromatic nitrogens is 1. The molecule has 0 saturated heterocycles. The molecule has 18 heavy (non-hydrogen) atoms. The van der Waals surface area contributed by atoms with E-state index < -0.39 is 11.5 Å². The molecule has 1 aromatic heterocycles. The molecular weight excluding hydrogens is 234 g/mol. The fourth-order valence-corrected chi connectivity index (χ4v) is 1.19. The van der Waals surface area contributed by atoms with Gasteiger partial charge >= 0.3 is 5.97 Å². The molecule has 1 aromatic rings. The lowest BCUT2D eigenvalue weighted by Gasteiger charge is -2.21. The normalized spacial score (nSPS) is 13.7. The summed E-state index contributed by atoms with van der Waals surface area (Å²) >= 11 is 0. The fraction of sp³-hybridized carbons (Fsp3) is 0.417. The van der Waals surface area contributed by atoms with E-state index in [1.54, 1.807) is 19.1 Å². The Morgan fingerprint density at radius 2 is 2.17 bits per heavy atom. The number of nitrogens with two attached hydrogens (primary N) is 1. The molecule has 1 atom stereocenters. The Labute approximate surface area is 105 Å². The number of hydrogen-bond donors (Lipinski definition) is 3. The van der Waals surface area contributed by atoms with E-state index in [0.29, 0.717) is 17.8 Å². The number of hydrogen-bond acceptors (Lipinski definition) is 4. The van der Waals surface area contributed by atoms with Gasteiger partial charge in [0.05, 0.1) is 29.5 Å². The van der Waals surface area contributed by atoms with Gasteiger partial charge in [0.15, 0.2) is 0 Å². The van der Waals surface area contributed by atoms with Crippen LogP contribution < -0.4 is 11.1 Å². The van der Waals surface area contributed by atoms with Gasteiger partial charge in [0, 0.05) is 0 Å². The van der Waals surface area contributed by atoms with Crippen molar-refractivity contribution in [2.24, 2.45) is 5.73 Å². The molecule has 0 spiro atoms. The van der Waals surface area contributed by atoms with Gasteiger partial charge in [-0.3, -0.25) is 14.6 Å². The van der Waals surface area contributed by atoms with Crippen molar-refractivity contribution in [1.29, 1.82) is 0 Å². The Kier molecular flexibility index (Phi) is 4.38. The zero-order chi connectivity index (χ0) is 13.8. The first-order valence-corrected chi connectivity index (χ1v) is 5.62. The van der Waals surface area contributed by atoms with Gasteiger partial charge in [-0.1, -0.05) is 6.92 Å². The summed E-state index contributed by atoms with van der Waals surface area (Å²) in [6.45, 7) is 3.47.